The second kappa shape index (κ2) is 5.65. The van der Waals surface area contributed by atoms with E-state index in [2.05, 4.69) is 10.0 Å². The van der Waals surface area contributed by atoms with Gasteiger partial charge in [-0.15, -0.1) is 0 Å². The lowest BCUT2D eigenvalue weighted by Gasteiger charge is -2.09. The van der Waals surface area contributed by atoms with Crippen LogP contribution in [0.25, 0.3) is 0 Å². The number of carbonyl (C=O) groups is 1. The maximum absolute atomic E-state index is 13.1. The molecule has 9 heteroatoms. The van der Waals surface area contributed by atoms with E-state index in [0.29, 0.717) is 0 Å². The fourth-order valence-corrected chi connectivity index (χ4v) is 2.37. The molecule has 0 saturated heterocycles. The van der Waals surface area contributed by atoms with E-state index in [0.717, 1.165) is 6.07 Å². The number of rotatable bonds is 5. The zero-order chi connectivity index (χ0) is 13.8. The van der Waals surface area contributed by atoms with E-state index in [-0.39, 0.29) is 18.0 Å². The largest absolute Gasteiger partial charge is 0.395 e. The molecule has 0 unspecified atom stereocenters. The topological polar surface area (TPSA) is 127 Å². The third-order valence-corrected chi connectivity index (χ3v) is 3.54. The van der Waals surface area contributed by atoms with Crippen molar-refractivity contribution in [1.82, 2.24) is 10.0 Å². The summed E-state index contributed by atoms with van der Waals surface area (Å²) in [7, 11) is -3.92. The maximum atomic E-state index is 13.1. The number of amides is 2. The molecule has 0 aliphatic heterocycles. The van der Waals surface area contributed by atoms with E-state index in [1.54, 1.807) is 0 Å². The molecule has 6 N–H and O–H groups in total. The molecule has 0 saturated carbocycles. The highest BCUT2D eigenvalue weighted by atomic mass is 32.2. The number of anilines is 1. The Balaban J connectivity index is 2.75. The number of primary amides is 1. The zero-order valence-electron chi connectivity index (χ0n) is 9.31. The van der Waals surface area contributed by atoms with Crippen molar-refractivity contribution in [1.29, 1.82) is 0 Å². The van der Waals surface area contributed by atoms with E-state index in [1.165, 1.54) is 12.1 Å². The SMILES string of the molecule is NC(=O)NCCNS(=O)(=O)c1cccc(F)c1N. The molecule has 0 bridgehead atoms. The van der Waals surface area contributed by atoms with E-state index in [9.17, 15) is 17.6 Å². The summed E-state index contributed by atoms with van der Waals surface area (Å²) in [6, 6.07) is 2.71. The Kier molecular flexibility index (Phi) is 4.45. The molecule has 7 nitrogen and oxygen atoms in total. The number of nitrogen functional groups attached to an aromatic ring is 1. The van der Waals surface area contributed by atoms with Crippen molar-refractivity contribution in [2.75, 3.05) is 18.8 Å². The molecule has 0 spiro atoms. The van der Waals surface area contributed by atoms with Crippen molar-refractivity contribution in [2.45, 2.75) is 4.90 Å². The fourth-order valence-electron chi connectivity index (χ4n) is 1.20. The third kappa shape index (κ3) is 3.57. The lowest BCUT2D eigenvalue weighted by Crippen LogP contribution is -2.37. The first-order valence-corrected chi connectivity index (χ1v) is 6.40. The molecular formula is C9H13FN4O3S. The summed E-state index contributed by atoms with van der Waals surface area (Å²) in [6.45, 7) is -0.0645. The molecule has 1 rings (SSSR count). The molecule has 0 heterocycles. The Labute approximate surface area is 103 Å². The molecule has 0 atom stereocenters. The van der Waals surface area contributed by atoms with Crippen LogP contribution in [0.4, 0.5) is 14.9 Å². The van der Waals surface area contributed by atoms with Crippen molar-refractivity contribution in [2.24, 2.45) is 5.73 Å². The predicted octanol–water partition coefficient (Wildman–Crippen LogP) is -0.645. The number of para-hydroxylation sites is 1. The smallest absolute Gasteiger partial charge is 0.312 e. The number of benzene rings is 1. The van der Waals surface area contributed by atoms with Crippen molar-refractivity contribution in [3.63, 3.8) is 0 Å². The normalized spacial score (nSPS) is 11.2. The first-order chi connectivity index (χ1) is 8.34. The fraction of sp³-hybridized carbons (Fsp3) is 0.222. The number of halogens is 1. The molecule has 100 valence electrons. The minimum atomic E-state index is -3.92. The average molecular weight is 276 g/mol. The van der Waals surface area contributed by atoms with Crippen LogP contribution in [0.1, 0.15) is 0 Å². The van der Waals surface area contributed by atoms with Gasteiger partial charge in [0.2, 0.25) is 10.0 Å². The Morgan fingerprint density at radius 3 is 2.61 bits per heavy atom. The average Bonchev–Trinajstić information content (AvgIpc) is 2.28. The second-order valence-electron chi connectivity index (χ2n) is 3.34. The maximum Gasteiger partial charge on any atom is 0.312 e. The van der Waals surface area contributed by atoms with Gasteiger partial charge in [0.15, 0.2) is 0 Å². The minimum absolute atomic E-state index is 0.0176. The van der Waals surface area contributed by atoms with Crippen molar-refractivity contribution < 1.29 is 17.6 Å². The Morgan fingerprint density at radius 1 is 1.33 bits per heavy atom. The van der Waals surface area contributed by atoms with Gasteiger partial charge in [0.25, 0.3) is 0 Å². The molecule has 1 aromatic carbocycles. The van der Waals surface area contributed by atoms with Crippen LogP contribution in [0.2, 0.25) is 0 Å². The summed E-state index contributed by atoms with van der Waals surface area (Å²) in [6.07, 6.45) is 0. The van der Waals surface area contributed by atoms with Gasteiger partial charge in [-0.3, -0.25) is 0 Å². The second-order valence-corrected chi connectivity index (χ2v) is 5.08. The van der Waals surface area contributed by atoms with Crippen LogP contribution in [-0.4, -0.2) is 27.5 Å². The van der Waals surface area contributed by atoms with Crippen LogP contribution in [0.3, 0.4) is 0 Å². The summed E-state index contributed by atoms with van der Waals surface area (Å²) in [5.41, 5.74) is 9.69. The molecule has 0 aromatic heterocycles. The van der Waals surface area contributed by atoms with Gasteiger partial charge in [-0.05, 0) is 12.1 Å². The molecule has 18 heavy (non-hydrogen) atoms. The number of hydrogen-bond donors (Lipinski definition) is 4. The van der Waals surface area contributed by atoms with E-state index < -0.39 is 27.6 Å². The van der Waals surface area contributed by atoms with Gasteiger partial charge in [-0.1, -0.05) is 6.07 Å². The molecule has 0 fully saturated rings. The van der Waals surface area contributed by atoms with E-state index >= 15 is 0 Å². The summed E-state index contributed by atoms with van der Waals surface area (Å²) in [5, 5.41) is 2.20. The lowest BCUT2D eigenvalue weighted by atomic mass is 10.3. The molecule has 0 aliphatic carbocycles. The van der Waals surface area contributed by atoms with Crippen LogP contribution in [0, 0.1) is 5.82 Å². The molecule has 0 aliphatic rings. The van der Waals surface area contributed by atoms with Crippen LogP contribution in [0.5, 0.6) is 0 Å². The Morgan fingerprint density at radius 2 is 2.00 bits per heavy atom. The van der Waals surface area contributed by atoms with Gasteiger partial charge < -0.3 is 16.8 Å². The summed E-state index contributed by atoms with van der Waals surface area (Å²) in [4.78, 5) is 10.0. The Hall–Kier alpha value is -1.87. The van der Waals surface area contributed by atoms with Crippen LogP contribution < -0.4 is 21.5 Å². The predicted molar refractivity (Wildman–Crippen MR) is 63.6 cm³/mol. The van der Waals surface area contributed by atoms with Gasteiger partial charge in [-0.2, -0.15) is 0 Å². The van der Waals surface area contributed by atoms with E-state index in [1.807, 2.05) is 0 Å². The molecular weight excluding hydrogens is 263 g/mol. The zero-order valence-corrected chi connectivity index (χ0v) is 10.1. The Bertz CT molecular complexity index is 547. The number of urea groups is 1. The van der Waals surface area contributed by atoms with Crippen LogP contribution >= 0.6 is 0 Å². The van der Waals surface area contributed by atoms with Crippen LogP contribution in [-0.2, 0) is 10.0 Å². The van der Waals surface area contributed by atoms with Crippen molar-refractivity contribution >= 4 is 21.7 Å². The minimum Gasteiger partial charge on any atom is -0.395 e. The summed E-state index contributed by atoms with van der Waals surface area (Å²) in [5.74, 6) is -0.812. The number of nitrogens with one attached hydrogen (secondary N) is 2. The van der Waals surface area contributed by atoms with Gasteiger partial charge in [-0.25, -0.2) is 22.3 Å². The van der Waals surface area contributed by atoms with Gasteiger partial charge in [0.05, 0.1) is 5.69 Å². The highest BCUT2D eigenvalue weighted by molar-refractivity contribution is 7.89. The molecule has 1 aromatic rings. The van der Waals surface area contributed by atoms with Gasteiger partial charge in [0.1, 0.15) is 10.7 Å². The highest BCUT2D eigenvalue weighted by Crippen LogP contribution is 2.20. The standard InChI is InChI=1S/C9H13FN4O3S/c10-6-2-1-3-7(8(6)11)18(16,17)14-5-4-13-9(12)15/h1-3,14H,4-5,11H2,(H3,12,13,15). The quantitative estimate of drug-likeness (QED) is 0.421. The molecule has 2 amide bonds. The van der Waals surface area contributed by atoms with E-state index in [4.69, 9.17) is 11.5 Å². The molecule has 0 radical (unpaired) electrons. The number of nitrogens with two attached hydrogens (primary N) is 2. The highest BCUT2D eigenvalue weighted by Gasteiger charge is 2.18. The lowest BCUT2D eigenvalue weighted by molar-refractivity contribution is 0.249. The number of carbonyl (C=O) groups excluding carboxylic acids is 1. The van der Waals surface area contributed by atoms with Gasteiger partial charge in [0, 0.05) is 13.1 Å². The monoisotopic (exact) mass is 276 g/mol. The summed E-state index contributed by atoms with van der Waals surface area (Å²) >= 11 is 0. The number of sulfonamides is 1. The summed E-state index contributed by atoms with van der Waals surface area (Å²) < 4.78 is 38.8. The van der Waals surface area contributed by atoms with Gasteiger partial charge >= 0.3 is 6.03 Å². The van der Waals surface area contributed by atoms with Crippen molar-refractivity contribution in [3.8, 4) is 0 Å². The first kappa shape index (κ1) is 14.2. The van der Waals surface area contributed by atoms with Crippen LogP contribution in [0.15, 0.2) is 23.1 Å². The third-order valence-electron chi connectivity index (χ3n) is 2.02. The van der Waals surface area contributed by atoms with Crippen molar-refractivity contribution in [3.05, 3.63) is 24.0 Å². The first-order valence-electron chi connectivity index (χ1n) is 4.91. The number of hydrogen-bond acceptors (Lipinski definition) is 4.